The average molecular weight is 430 g/mol. The zero-order valence-corrected chi connectivity index (χ0v) is 14.4. The fraction of sp³-hybridized carbons (Fsp3) is 0.125. The summed E-state index contributed by atoms with van der Waals surface area (Å²) in [6.45, 7) is -0.325. The lowest BCUT2D eigenvalue weighted by molar-refractivity contribution is -0.146. The van der Waals surface area contributed by atoms with Crippen LogP contribution in [0.4, 0.5) is 5.69 Å². The minimum Gasteiger partial charge on any atom is -0.455 e. The molecule has 0 radical (unpaired) electrons. The van der Waals surface area contributed by atoms with Gasteiger partial charge >= 0.3 is 5.97 Å². The Morgan fingerprint density at radius 1 is 1.14 bits per heavy atom. The van der Waals surface area contributed by atoms with Crippen molar-refractivity contribution >= 4 is 51.8 Å². The van der Waals surface area contributed by atoms with Crippen molar-refractivity contribution in [3.63, 3.8) is 0 Å². The number of carbonyl (C=O) groups excluding carboxylic acids is 2. The van der Waals surface area contributed by atoms with Gasteiger partial charge in [0.15, 0.2) is 6.61 Å². The maximum atomic E-state index is 11.7. The third-order valence-electron chi connectivity index (χ3n) is 2.77. The molecule has 0 atom stereocenters. The van der Waals surface area contributed by atoms with E-state index in [4.69, 9.17) is 16.3 Å². The number of anilines is 1. The Morgan fingerprint density at radius 3 is 2.64 bits per heavy atom. The standard InChI is InChI=1S/C16H13ClINO3/c17-14-7-2-1-4-11(14)8-16(21)22-10-15(20)19-13-6-3-5-12(18)9-13/h1-7,9H,8,10H2,(H,19,20). The smallest absolute Gasteiger partial charge is 0.310 e. The van der Waals surface area contributed by atoms with E-state index in [0.29, 0.717) is 16.3 Å². The highest BCUT2D eigenvalue weighted by atomic mass is 127. The molecule has 2 aromatic carbocycles. The highest BCUT2D eigenvalue weighted by Crippen LogP contribution is 2.16. The van der Waals surface area contributed by atoms with Crippen LogP contribution >= 0.6 is 34.2 Å². The largest absolute Gasteiger partial charge is 0.455 e. The zero-order chi connectivity index (χ0) is 15.9. The van der Waals surface area contributed by atoms with Crippen molar-refractivity contribution in [1.82, 2.24) is 0 Å². The number of amides is 1. The van der Waals surface area contributed by atoms with Crippen molar-refractivity contribution < 1.29 is 14.3 Å². The molecule has 6 heteroatoms. The number of esters is 1. The summed E-state index contributed by atoms with van der Waals surface area (Å²) in [4.78, 5) is 23.4. The second kappa shape index (κ2) is 8.14. The first-order chi connectivity index (χ1) is 10.5. The maximum absolute atomic E-state index is 11.7. The van der Waals surface area contributed by atoms with Crippen molar-refractivity contribution in [2.24, 2.45) is 0 Å². The Kier molecular flexibility index (Phi) is 6.21. The Morgan fingerprint density at radius 2 is 1.91 bits per heavy atom. The molecule has 0 unspecified atom stereocenters. The number of benzene rings is 2. The van der Waals surface area contributed by atoms with Gasteiger partial charge < -0.3 is 10.1 Å². The van der Waals surface area contributed by atoms with Gasteiger partial charge in [-0.1, -0.05) is 35.9 Å². The van der Waals surface area contributed by atoms with Crippen LogP contribution in [0.3, 0.4) is 0 Å². The van der Waals surface area contributed by atoms with Crippen LogP contribution < -0.4 is 5.32 Å². The molecular formula is C16H13ClINO3. The van der Waals surface area contributed by atoms with Gasteiger partial charge in [-0.3, -0.25) is 9.59 Å². The van der Waals surface area contributed by atoms with Crippen LogP contribution in [0.5, 0.6) is 0 Å². The summed E-state index contributed by atoms with van der Waals surface area (Å²) in [5.41, 5.74) is 1.34. The van der Waals surface area contributed by atoms with E-state index in [-0.39, 0.29) is 18.9 Å². The van der Waals surface area contributed by atoms with Crippen LogP contribution in [0.2, 0.25) is 5.02 Å². The Bertz CT molecular complexity index is 691. The fourth-order valence-electron chi connectivity index (χ4n) is 1.76. The van der Waals surface area contributed by atoms with Crippen molar-refractivity contribution in [2.45, 2.75) is 6.42 Å². The molecule has 2 aromatic rings. The summed E-state index contributed by atoms with van der Waals surface area (Å²) >= 11 is 8.12. The third kappa shape index (κ3) is 5.31. The molecule has 1 amide bonds. The first kappa shape index (κ1) is 16.8. The molecular weight excluding hydrogens is 417 g/mol. The summed E-state index contributed by atoms with van der Waals surface area (Å²) in [5, 5.41) is 3.17. The molecule has 0 aromatic heterocycles. The van der Waals surface area contributed by atoms with Crippen molar-refractivity contribution in [1.29, 1.82) is 0 Å². The van der Waals surface area contributed by atoms with Gasteiger partial charge in [-0.05, 0) is 52.4 Å². The number of carbonyl (C=O) groups is 2. The molecule has 0 aliphatic heterocycles. The SMILES string of the molecule is O=C(COC(=O)Cc1ccccc1Cl)Nc1cccc(I)c1. The lowest BCUT2D eigenvalue weighted by Gasteiger charge is -2.07. The van der Waals surface area contributed by atoms with Crippen LogP contribution in [-0.4, -0.2) is 18.5 Å². The molecule has 22 heavy (non-hydrogen) atoms. The van der Waals surface area contributed by atoms with Crippen molar-refractivity contribution in [2.75, 3.05) is 11.9 Å². The summed E-state index contributed by atoms with van der Waals surface area (Å²) in [7, 11) is 0. The molecule has 4 nitrogen and oxygen atoms in total. The summed E-state index contributed by atoms with van der Waals surface area (Å²) in [6.07, 6.45) is 0.0379. The molecule has 0 aliphatic rings. The van der Waals surface area contributed by atoms with Crippen LogP contribution in [0.25, 0.3) is 0 Å². The number of hydrogen-bond donors (Lipinski definition) is 1. The van der Waals surface area contributed by atoms with Gasteiger partial charge in [-0.2, -0.15) is 0 Å². The van der Waals surface area contributed by atoms with E-state index in [1.807, 2.05) is 18.2 Å². The predicted octanol–water partition coefficient (Wildman–Crippen LogP) is 3.67. The lowest BCUT2D eigenvalue weighted by Crippen LogP contribution is -2.21. The minimum absolute atomic E-state index is 0.0379. The topological polar surface area (TPSA) is 55.4 Å². The van der Waals surface area contributed by atoms with Crippen LogP contribution in [0, 0.1) is 3.57 Å². The van der Waals surface area contributed by atoms with Gasteiger partial charge in [0, 0.05) is 14.3 Å². The van der Waals surface area contributed by atoms with E-state index in [1.54, 1.807) is 30.3 Å². The van der Waals surface area contributed by atoms with Gasteiger partial charge in [0.1, 0.15) is 0 Å². The molecule has 0 heterocycles. The summed E-state index contributed by atoms with van der Waals surface area (Å²) < 4.78 is 5.96. The molecule has 0 bridgehead atoms. The van der Waals surface area contributed by atoms with Crippen LogP contribution in [0.1, 0.15) is 5.56 Å². The highest BCUT2D eigenvalue weighted by Gasteiger charge is 2.10. The van der Waals surface area contributed by atoms with E-state index in [9.17, 15) is 9.59 Å². The predicted molar refractivity (Wildman–Crippen MR) is 93.9 cm³/mol. The molecule has 0 saturated heterocycles. The minimum atomic E-state index is -0.495. The first-order valence-electron chi connectivity index (χ1n) is 6.49. The molecule has 2 rings (SSSR count). The molecule has 0 saturated carbocycles. The lowest BCUT2D eigenvalue weighted by atomic mass is 10.1. The highest BCUT2D eigenvalue weighted by molar-refractivity contribution is 14.1. The van der Waals surface area contributed by atoms with E-state index >= 15 is 0 Å². The normalized spacial score (nSPS) is 10.1. The molecule has 0 fully saturated rings. The van der Waals surface area contributed by atoms with Crippen molar-refractivity contribution in [3.05, 3.63) is 62.7 Å². The third-order valence-corrected chi connectivity index (χ3v) is 3.80. The van der Waals surface area contributed by atoms with Gasteiger partial charge in [0.05, 0.1) is 6.42 Å². The Balaban J connectivity index is 1.81. The van der Waals surface area contributed by atoms with E-state index in [1.165, 1.54) is 0 Å². The van der Waals surface area contributed by atoms with Gasteiger partial charge in [0.2, 0.25) is 0 Å². The fourth-order valence-corrected chi connectivity index (χ4v) is 2.50. The van der Waals surface area contributed by atoms with E-state index in [2.05, 4.69) is 27.9 Å². The number of ether oxygens (including phenoxy) is 1. The average Bonchev–Trinajstić information content (AvgIpc) is 2.48. The second-order valence-corrected chi connectivity index (χ2v) is 6.14. The monoisotopic (exact) mass is 429 g/mol. The zero-order valence-electron chi connectivity index (χ0n) is 11.5. The molecule has 114 valence electrons. The van der Waals surface area contributed by atoms with Gasteiger partial charge in [-0.25, -0.2) is 0 Å². The molecule has 1 N–H and O–H groups in total. The number of nitrogens with one attached hydrogen (secondary N) is 1. The number of halogens is 2. The summed E-state index contributed by atoms with van der Waals surface area (Å²) in [5.74, 6) is -0.875. The van der Waals surface area contributed by atoms with Gasteiger partial charge in [0.25, 0.3) is 5.91 Å². The van der Waals surface area contributed by atoms with Gasteiger partial charge in [-0.15, -0.1) is 0 Å². The van der Waals surface area contributed by atoms with Crippen molar-refractivity contribution in [3.8, 4) is 0 Å². The van der Waals surface area contributed by atoms with Crippen LogP contribution in [-0.2, 0) is 20.7 Å². The maximum Gasteiger partial charge on any atom is 0.310 e. The van der Waals surface area contributed by atoms with Crippen LogP contribution in [0.15, 0.2) is 48.5 Å². The Hall–Kier alpha value is -1.60. The molecule has 0 aliphatic carbocycles. The summed E-state index contributed by atoms with van der Waals surface area (Å²) in [6, 6.07) is 14.4. The first-order valence-corrected chi connectivity index (χ1v) is 7.95. The second-order valence-electron chi connectivity index (χ2n) is 4.49. The number of hydrogen-bond acceptors (Lipinski definition) is 3. The molecule has 0 spiro atoms. The Labute approximate surface area is 146 Å². The van der Waals surface area contributed by atoms with E-state index in [0.717, 1.165) is 3.57 Å². The quantitative estimate of drug-likeness (QED) is 0.583. The van der Waals surface area contributed by atoms with E-state index < -0.39 is 5.97 Å². The number of rotatable bonds is 5.